The van der Waals surface area contributed by atoms with Crippen LogP contribution < -0.4 is 15.4 Å². The van der Waals surface area contributed by atoms with Crippen LogP contribution in [0, 0.1) is 5.82 Å². The highest BCUT2D eigenvalue weighted by atomic mass is 19.1. The molecule has 2 atom stereocenters. The summed E-state index contributed by atoms with van der Waals surface area (Å²) in [5, 5.41) is 5.63. The minimum absolute atomic E-state index is 0.0657. The summed E-state index contributed by atoms with van der Waals surface area (Å²) >= 11 is 0. The zero-order valence-corrected chi connectivity index (χ0v) is 13.4. The number of nitrogens with zero attached hydrogens (tertiary/aromatic N) is 2. The Labute approximate surface area is 134 Å². The van der Waals surface area contributed by atoms with Crippen LogP contribution in [-0.2, 0) is 6.54 Å². The smallest absolute Gasteiger partial charge is 0.315 e. The number of halogens is 1. The van der Waals surface area contributed by atoms with Crippen molar-refractivity contribution in [3.63, 3.8) is 0 Å². The van der Waals surface area contributed by atoms with Gasteiger partial charge in [0.25, 0.3) is 0 Å². The molecule has 2 aromatic rings. The molecule has 2 N–H and O–H groups in total. The van der Waals surface area contributed by atoms with Crippen molar-refractivity contribution in [2.45, 2.75) is 32.5 Å². The Morgan fingerprint density at radius 2 is 2.17 bits per heavy atom. The fourth-order valence-electron chi connectivity index (χ4n) is 2.25. The SMILES string of the molecule is COc1ccc([C@@H](C)NC(=O)N[C@H](C)Cn2ccnc2)cc1F. The summed E-state index contributed by atoms with van der Waals surface area (Å²) < 4.78 is 20.5. The number of ether oxygens (including phenoxy) is 1. The van der Waals surface area contributed by atoms with E-state index in [1.165, 1.54) is 13.2 Å². The Morgan fingerprint density at radius 1 is 1.39 bits per heavy atom. The summed E-state index contributed by atoms with van der Waals surface area (Å²) in [5.74, 6) is -0.271. The summed E-state index contributed by atoms with van der Waals surface area (Å²) in [4.78, 5) is 16.0. The molecule has 0 bridgehead atoms. The first-order valence-corrected chi connectivity index (χ1v) is 7.35. The van der Waals surface area contributed by atoms with Gasteiger partial charge in [0.1, 0.15) is 0 Å². The summed E-state index contributed by atoms with van der Waals surface area (Å²) in [7, 11) is 1.41. The lowest BCUT2D eigenvalue weighted by Gasteiger charge is -2.19. The lowest BCUT2D eigenvalue weighted by Crippen LogP contribution is -2.43. The van der Waals surface area contributed by atoms with Crippen LogP contribution in [0.1, 0.15) is 25.5 Å². The molecule has 1 aromatic heterocycles. The van der Waals surface area contributed by atoms with Gasteiger partial charge < -0.3 is 19.9 Å². The number of aromatic nitrogens is 2. The maximum atomic E-state index is 13.7. The van der Waals surface area contributed by atoms with Gasteiger partial charge in [0.15, 0.2) is 11.6 Å². The van der Waals surface area contributed by atoms with Crippen LogP contribution in [-0.4, -0.2) is 28.7 Å². The first kappa shape index (κ1) is 16.8. The first-order chi connectivity index (χ1) is 11.0. The van der Waals surface area contributed by atoms with Crippen LogP contribution >= 0.6 is 0 Å². The molecule has 7 heteroatoms. The van der Waals surface area contributed by atoms with Gasteiger partial charge in [-0.05, 0) is 31.5 Å². The molecule has 6 nitrogen and oxygen atoms in total. The van der Waals surface area contributed by atoms with Crippen LogP contribution in [0.4, 0.5) is 9.18 Å². The van der Waals surface area contributed by atoms with Gasteiger partial charge in [0.2, 0.25) is 0 Å². The van der Waals surface area contributed by atoms with Gasteiger partial charge in [-0.2, -0.15) is 0 Å². The number of carbonyl (C=O) groups is 1. The topological polar surface area (TPSA) is 68.2 Å². The normalized spacial score (nSPS) is 13.2. The molecule has 2 amide bonds. The Bertz CT molecular complexity index is 646. The second-order valence-corrected chi connectivity index (χ2v) is 5.39. The number of imidazole rings is 1. The average molecular weight is 320 g/mol. The monoisotopic (exact) mass is 320 g/mol. The van der Waals surface area contributed by atoms with E-state index in [9.17, 15) is 9.18 Å². The molecule has 0 aliphatic heterocycles. The van der Waals surface area contributed by atoms with Gasteiger partial charge in [0.05, 0.1) is 19.5 Å². The van der Waals surface area contributed by atoms with Crippen molar-refractivity contribution in [1.82, 2.24) is 20.2 Å². The quantitative estimate of drug-likeness (QED) is 0.859. The molecule has 0 fully saturated rings. The van der Waals surface area contributed by atoms with Crippen molar-refractivity contribution in [3.8, 4) is 5.75 Å². The summed E-state index contributed by atoms with van der Waals surface area (Å²) in [6.07, 6.45) is 5.21. The van der Waals surface area contributed by atoms with E-state index in [0.717, 1.165) is 0 Å². The zero-order valence-electron chi connectivity index (χ0n) is 13.4. The van der Waals surface area contributed by atoms with Gasteiger partial charge in [-0.1, -0.05) is 6.07 Å². The van der Waals surface area contributed by atoms with E-state index >= 15 is 0 Å². The molecule has 1 heterocycles. The van der Waals surface area contributed by atoms with E-state index < -0.39 is 5.82 Å². The largest absolute Gasteiger partial charge is 0.494 e. The van der Waals surface area contributed by atoms with E-state index in [-0.39, 0.29) is 23.9 Å². The standard InChI is InChI=1S/C16H21FN4O2/c1-11(9-21-7-6-18-10-21)19-16(22)20-12(2)13-4-5-15(23-3)14(17)8-13/h4-8,10-12H,9H2,1-3H3,(H2,19,20,22)/t11-,12-/m1/s1. The molecule has 0 aliphatic rings. The van der Waals surface area contributed by atoms with Gasteiger partial charge in [-0.15, -0.1) is 0 Å². The molecule has 0 radical (unpaired) electrons. The second-order valence-electron chi connectivity index (χ2n) is 5.39. The molecule has 2 rings (SSSR count). The number of methoxy groups -OCH3 is 1. The van der Waals surface area contributed by atoms with Gasteiger partial charge in [-0.25, -0.2) is 14.2 Å². The maximum Gasteiger partial charge on any atom is 0.315 e. The zero-order chi connectivity index (χ0) is 16.8. The van der Waals surface area contributed by atoms with Crippen molar-refractivity contribution >= 4 is 6.03 Å². The Morgan fingerprint density at radius 3 is 2.78 bits per heavy atom. The fraction of sp³-hybridized carbons (Fsp3) is 0.375. The van der Waals surface area contributed by atoms with Crippen LogP contribution in [0.25, 0.3) is 0 Å². The molecular weight excluding hydrogens is 299 g/mol. The Hall–Kier alpha value is -2.57. The van der Waals surface area contributed by atoms with E-state index in [1.54, 1.807) is 31.6 Å². The van der Waals surface area contributed by atoms with Crippen molar-refractivity contribution in [2.75, 3.05) is 7.11 Å². The molecule has 0 saturated heterocycles. The lowest BCUT2D eigenvalue weighted by molar-refractivity contribution is 0.233. The highest BCUT2D eigenvalue weighted by Gasteiger charge is 2.14. The molecule has 0 saturated carbocycles. The number of hydrogen-bond donors (Lipinski definition) is 2. The van der Waals surface area contributed by atoms with Gasteiger partial charge >= 0.3 is 6.03 Å². The maximum absolute atomic E-state index is 13.7. The Balaban J connectivity index is 1.87. The van der Waals surface area contributed by atoms with Crippen molar-refractivity contribution in [2.24, 2.45) is 0 Å². The average Bonchev–Trinajstić information content (AvgIpc) is 2.99. The number of nitrogens with one attached hydrogen (secondary N) is 2. The van der Waals surface area contributed by atoms with Gasteiger partial charge in [-0.3, -0.25) is 0 Å². The number of benzene rings is 1. The molecule has 23 heavy (non-hydrogen) atoms. The third kappa shape index (κ3) is 4.70. The van der Waals surface area contributed by atoms with Crippen LogP contribution in [0.3, 0.4) is 0 Å². The minimum Gasteiger partial charge on any atom is -0.494 e. The predicted molar refractivity (Wildman–Crippen MR) is 84.7 cm³/mol. The van der Waals surface area contributed by atoms with Crippen LogP contribution in [0.2, 0.25) is 0 Å². The molecule has 0 spiro atoms. The predicted octanol–water partition coefficient (Wildman–Crippen LogP) is 2.48. The molecule has 1 aromatic carbocycles. The van der Waals surface area contributed by atoms with Crippen LogP contribution in [0.5, 0.6) is 5.75 Å². The third-order valence-corrected chi connectivity index (χ3v) is 3.44. The number of rotatable bonds is 6. The highest BCUT2D eigenvalue weighted by molar-refractivity contribution is 5.74. The van der Waals surface area contributed by atoms with Crippen molar-refractivity contribution < 1.29 is 13.9 Å². The van der Waals surface area contributed by atoms with Crippen LogP contribution in [0.15, 0.2) is 36.9 Å². The van der Waals surface area contributed by atoms with E-state index in [2.05, 4.69) is 15.6 Å². The number of urea groups is 1. The van der Waals surface area contributed by atoms with E-state index in [4.69, 9.17) is 4.74 Å². The number of hydrogen-bond acceptors (Lipinski definition) is 3. The summed E-state index contributed by atoms with van der Waals surface area (Å²) in [5.41, 5.74) is 0.667. The number of amides is 2. The molecule has 0 aliphatic carbocycles. The number of carbonyl (C=O) groups excluding carboxylic acids is 1. The fourth-order valence-corrected chi connectivity index (χ4v) is 2.25. The first-order valence-electron chi connectivity index (χ1n) is 7.35. The van der Waals surface area contributed by atoms with Crippen molar-refractivity contribution in [3.05, 3.63) is 48.3 Å². The summed E-state index contributed by atoms with van der Waals surface area (Å²) in [6, 6.07) is 3.93. The lowest BCUT2D eigenvalue weighted by atomic mass is 10.1. The third-order valence-electron chi connectivity index (χ3n) is 3.44. The van der Waals surface area contributed by atoms with E-state index in [0.29, 0.717) is 12.1 Å². The second kappa shape index (κ2) is 7.62. The van der Waals surface area contributed by atoms with Crippen molar-refractivity contribution in [1.29, 1.82) is 0 Å². The van der Waals surface area contributed by atoms with E-state index in [1.807, 2.05) is 17.7 Å². The Kier molecular flexibility index (Phi) is 5.56. The molecule has 124 valence electrons. The highest BCUT2D eigenvalue weighted by Crippen LogP contribution is 2.21. The van der Waals surface area contributed by atoms with Gasteiger partial charge in [0, 0.05) is 25.0 Å². The molecular formula is C16H21FN4O2. The summed E-state index contributed by atoms with van der Waals surface area (Å²) in [6.45, 7) is 4.32. The minimum atomic E-state index is -0.451. The molecule has 0 unspecified atom stereocenters.